The molecule has 0 bridgehead atoms. The van der Waals surface area contributed by atoms with Gasteiger partial charge in [0.15, 0.2) is 0 Å². The van der Waals surface area contributed by atoms with Gasteiger partial charge in [-0.1, -0.05) is 31.1 Å². The predicted molar refractivity (Wildman–Crippen MR) is 95.6 cm³/mol. The number of hydrogen-bond donors (Lipinski definition) is 0. The van der Waals surface area contributed by atoms with Gasteiger partial charge < -0.3 is 14.2 Å². The molecule has 1 atom stereocenters. The van der Waals surface area contributed by atoms with Gasteiger partial charge in [-0.2, -0.15) is 0 Å². The summed E-state index contributed by atoms with van der Waals surface area (Å²) in [5, 5.41) is 4.21. The molecule has 0 aliphatic carbocycles. The molecule has 1 unspecified atom stereocenters. The number of aryl methyl sites for hydroxylation is 1. The molecule has 134 valence electrons. The maximum atomic E-state index is 12.7. The van der Waals surface area contributed by atoms with Gasteiger partial charge in [0.25, 0.3) is 0 Å². The first-order valence-electron chi connectivity index (χ1n) is 8.97. The molecule has 5 nitrogen and oxygen atoms in total. The lowest BCUT2D eigenvalue weighted by Gasteiger charge is -2.23. The highest BCUT2D eigenvalue weighted by atomic mass is 16.5. The molecular weight excluding hydrogens is 316 g/mol. The van der Waals surface area contributed by atoms with Gasteiger partial charge in [-0.05, 0) is 37.0 Å². The number of benzene rings is 1. The molecule has 1 aromatic heterocycles. The highest BCUT2D eigenvalue weighted by Crippen LogP contribution is 2.33. The average Bonchev–Trinajstić information content (AvgIpc) is 3.28. The Hall–Kier alpha value is -2.30. The lowest BCUT2D eigenvalue weighted by atomic mass is 10.1. The van der Waals surface area contributed by atoms with E-state index in [1.807, 2.05) is 35.2 Å². The van der Waals surface area contributed by atoms with E-state index in [1.165, 1.54) is 0 Å². The maximum Gasteiger partial charge on any atom is 0.223 e. The van der Waals surface area contributed by atoms with Crippen LogP contribution in [0.1, 0.15) is 62.1 Å². The summed E-state index contributed by atoms with van der Waals surface area (Å²) in [6, 6.07) is 9.95. The lowest BCUT2D eigenvalue weighted by molar-refractivity contribution is -0.132. The fourth-order valence-electron chi connectivity index (χ4n) is 3.29. The minimum atomic E-state index is 0.0552. The van der Waals surface area contributed by atoms with Crippen LogP contribution < -0.4 is 4.74 Å². The van der Waals surface area contributed by atoms with Gasteiger partial charge in [-0.15, -0.1) is 0 Å². The van der Waals surface area contributed by atoms with Crippen molar-refractivity contribution in [1.29, 1.82) is 0 Å². The van der Waals surface area contributed by atoms with Crippen molar-refractivity contribution in [2.45, 2.75) is 51.5 Å². The number of ether oxygens (including phenoxy) is 1. The van der Waals surface area contributed by atoms with Gasteiger partial charge in [0, 0.05) is 24.9 Å². The lowest BCUT2D eigenvalue weighted by Crippen LogP contribution is -2.30. The van der Waals surface area contributed by atoms with Crippen molar-refractivity contribution in [2.75, 3.05) is 13.7 Å². The molecule has 5 heteroatoms. The molecule has 2 heterocycles. The number of amides is 1. The first kappa shape index (κ1) is 17.5. The number of rotatable bonds is 6. The van der Waals surface area contributed by atoms with Crippen molar-refractivity contribution < 1.29 is 14.1 Å². The van der Waals surface area contributed by atoms with Crippen molar-refractivity contribution >= 4 is 5.91 Å². The average molecular weight is 342 g/mol. The van der Waals surface area contributed by atoms with Crippen LogP contribution in [0.2, 0.25) is 0 Å². The zero-order chi connectivity index (χ0) is 17.8. The second-order valence-corrected chi connectivity index (χ2v) is 6.90. The summed E-state index contributed by atoms with van der Waals surface area (Å²) in [5.74, 6) is 2.21. The second-order valence-electron chi connectivity index (χ2n) is 6.90. The smallest absolute Gasteiger partial charge is 0.223 e. The van der Waals surface area contributed by atoms with Crippen LogP contribution in [-0.4, -0.2) is 29.6 Å². The Bertz CT molecular complexity index is 706. The molecular formula is C20H26N2O3. The summed E-state index contributed by atoms with van der Waals surface area (Å²) in [7, 11) is 1.65. The third-order valence-corrected chi connectivity index (χ3v) is 4.82. The number of nitrogens with zero attached hydrogens (tertiary/aromatic N) is 2. The van der Waals surface area contributed by atoms with Gasteiger partial charge in [-0.25, -0.2) is 0 Å². The maximum absolute atomic E-state index is 12.7. The Kier molecular flexibility index (Phi) is 5.41. The molecule has 0 spiro atoms. The number of hydrogen-bond acceptors (Lipinski definition) is 4. The molecule has 0 radical (unpaired) electrons. The highest BCUT2D eigenvalue weighted by Gasteiger charge is 2.32. The number of aromatic nitrogens is 1. The van der Waals surface area contributed by atoms with Gasteiger partial charge >= 0.3 is 0 Å². The summed E-state index contributed by atoms with van der Waals surface area (Å²) in [5.41, 5.74) is 2.03. The van der Waals surface area contributed by atoms with Crippen LogP contribution in [0.25, 0.3) is 0 Å². The van der Waals surface area contributed by atoms with E-state index in [-0.39, 0.29) is 11.9 Å². The molecule has 1 saturated heterocycles. The van der Waals surface area contributed by atoms with E-state index < -0.39 is 0 Å². The first-order valence-corrected chi connectivity index (χ1v) is 8.97. The summed E-state index contributed by atoms with van der Waals surface area (Å²) in [6.07, 6.45) is 3.22. The van der Waals surface area contributed by atoms with E-state index in [0.717, 1.165) is 48.6 Å². The van der Waals surface area contributed by atoms with E-state index in [2.05, 4.69) is 19.0 Å². The van der Waals surface area contributed by atoms with Crippen molar-refractivity contribution in [3.63, 3.8) is 0 Å². The van der Waals surface area contributed by atoms with Crippen LogP contribution in [0.3, 0.4) is 0 Å². The molecule has 2 aromatic rings. The molecule has 1 amide bonds. The minimum Gasteiger partial charge on any atom is -0.497 e. The third-order valence-electron chi connectivity index (χ3n) is 4.82. The zero-order valence-corrected chi connectivity index (χ0v) is 15.2. The SMILES string of the molecule is COc1ccc(CCC(=O)N2CCCC2c2cc(C(C)C)on2)cc1. The fraction of sp³-hybridized carbons (Fsp3) is 0.500. The summed E-state index contributed by atoms with van der Waals surface area (Å²) in [4.78, 5) is 14.7. The van der Waals surface area contributed by atoms with E-state index in [1.54, 1.807) is 7.11 Å². The van der Waals surface area contributed by atoms with E-state index in [4.69, 9.17) is 9.26 Å². The Balaban J connectivity index is 1.61. The molecule has 3 rings (SSSR count). The summed E-state index contributed by atoms with van der Waals surface area (Å²) < 4.78 is 10.6. The normalized spacial score (nSPS) is 17.3. The Morgan fingerprint density at radius 1 is 1.36 bits per heavy atom. The quantitative estimate of drug-likeness (QED) is 0.793. The Morgan fingerprint density at radius 2 is 2.12 bits per heavy atom. The number of likely N-dealkylation sites (tertiary alicyclic amines) is 1. The number of carbonyl (C=O) groups excluding carboxylic acids is 1. The van der Waals surface area contributed by atoms with Gasteiger partial charge in [0.05, 0.1) is 13.2 Å². The van der Waals surface area contributed by atoms with Crippen molar-refractivity contribution in [1.82, 2.24) is 10.1 Å². The number of methoxy groups -OCH3 is 1. The van der Waals surface area contributed by atoms with Crippen LogP contribution in [0.15, 0.2) is 34.9 Å². The molecule has 1 aromatic carbocycles. The second kappa shape index (κ2) is 7.72. The fourth-order valence-corrected chi connectivity index (χ4v) is 3.29. The highest BCUT2D eigenvalue weighted by molar-refractivity contribution is 5.77. The molecule has 1 aliphatic rings. The third kappa shape index (κ3) is 4.03. The zero-order valence-electron chi connectivity index (χ0n) is 15.2. The first-order chi connectivity index (χ1) is 12.1. The van der Waals surface area contributed by atoms with Crippen molar-refractivity contribution in [2.24, 2.45) is 0 Å². The Morgan fingerprint density at radius 3 is 2.76 bits per heavy atom. The summed E-state index contributed by atoms with van der Waals surface area (Å²) in [6.45, 7) is 4.96. The molecule has 25 heavy (non-hydrogen) atoms. The standard InChI is InChI=1S/C20H26N2O3/c1-14(2)19-13-17(21-25-19)18-5-4-12-22(18)20(23)11-8-15-6-9-16(24-3)10-7-15/h6-7,9-10,13-14,18H,4-5,8,11-12H2,1-3H3. The van der Waals surface area contributed by atoms with E-state index >= 15 is 0 Å². The molecule has 1 aliphatic heterocycles. The minimum absolute atomic E-state index is 0.0552. The van der Waals surface area contributed by atoms with Gasteiger partial charge in [0.1, 0.15) is 17.2 Å². The van der Waals surface area contributed by atoms with Crippen LogP contribution in [0.4, 0.5) is 0 Å². The van der Waals surface area contributed by atoms with E-state index in [0.29, 0.717) is 12.3 Å². The molecule has 0 N–H and O–H groups in total. The van der Waals surface area contributed by atoms with E-state index in [9.17, 15) is 4.79 Å². The molecule has 1 fully saturated rings. The van der Waals surface area contributed by atoms with Crippen molar-refractivity contribution in [3.05, 3.63) is 47.3 Å². The van der Waals surface area contributed by atoms with Crippen molar-refractivity contribution in [3.8, 4) is 5.75 Å². The van der Waals surface area contributed by atoms with Crippen LogP contribution in [0, 0.1) is 0 Å². The predicted octanol–water partition coefficient (Wildman–Crippen LogP) is 4.10. The number of carbonyl (C=O) groups is 1. The van der Waals surface area contributed by atoms with Crippen LogP contribution >= 0.6 is 0 Å². The van der Waals surface area contributed by atoms with Crippen LogP contribution in [-0.2, 0) is 11.2 Å². The van der Waals surface area contributed by atoms with Gasteiger partial charge in [0.2, 0.25) is 5.91 Å². The van der Waals surface area contributed by atoms with Gasteiger partial charge in [-0.3, -0.25) is 4.79 Å². The monoisotopic (exact) mass is 342 g/mol. The molecule has 0 saturated carbocycles. The Labute approximate surface area is 148 Å². The largest absolute Gasteiger partial charge is 0.497 e. The van der Waals surface area contributed by atoms with Crippen LogP contribution in [0.5, 0.6) is 5.75 Å². The summed E-state index contributed by atoms with van der Waals surface area (Å²) >= 11 is 0. The topological polar surface area (TPSA) is 55.6 Å².